The smallest absolute Gasteiger partial charge is 0.243 e. The molecule has 0 N–H and O–H groups in total. The molecule has 0 atom stereocenters. The summed E-state index contributed by atoms with van der Waals surface area (Å²) in [4.78, 5) is 14.6. The zero-order chi connectivity index (χ0) is 23.5. The van der Waals surface area contributed by atoms with Gasteiger partial charge in [-0.1, -0.05) is 47.5 Å². The molecule has 174 valence electrons. The Labute approximate surface area is 190 Å². The molecule has 1 fully saturated rings. The summed E-state index contributed by atoms with van der Waals surface area (Å²) in [6.07, 6.45) is 1.08. The van der Waals surface area contributed by atoms with Crippen molar-refractivity contribution in [1.29, 1.82) is 0 Å². The van der Waals surface area contributed by atoms with E-state index < -0.39 is 20.0 Å². The fraction of sp³-hybridized carbons (Fsp3) is 0.409. The number of piperazine rings is 1. The highest BCUT2D eigenvalue weighted by molar-refractivity contribution is 7.89. The van der Waals surface area contributed by atoms with Gasteiger partial charge in [0.25, 0.3) is 0 Å². The van der Waals surface area contributed by atoms with Gasteiger partial charge in [-0.3, -0.25) is 4.79 Å². The van der Waals surface area contributed by atoms with Crippen molar-refractivity contribution >= 4 is 26.0 Å². The van der Waals surface area contributed by atoms with Crippen LogP contribution in [0.1, 0.15) is 16.7 Å². The summed E-state index contributed by atoms with van der Waals surface area (Å²) >= 11 is 0. The van der Waals surface area contributed by atoms with E-state index in [1.54, 1.807) is 24.3 Å². The molecule has 1 saturated heterocycles. The standard InChI is InChI=1S/C22H29N3O5S2/c1-18-4-8-20(9-5-18)16-25(31(3,27)28)17-22(26)23-12-14-24(15-13-23)32(29,30)21-10-6-19(2)7-11-21/h4-11H,12-17H2,1-3H3. The molecule has 1 aliphatic heterocycles. The van der Waals surface area contributed by atoms with E-state index in [0.29, 0.717) is 0 Å². The predicted octanol–water partition coefficient (Wildman–Crippen LogP) is 1.60. The van der Waals surface area contributed by atoms with Crippen molar-refractivity contribution in [1.82, 2.24) is 13.5 Å². The van der Waals surface area contributed by atoms with Crippen molar-refractivity contribution in [2.24, 2.45) is 0 Å². The molecular formula is C22H29N3O5S2. The minimum absolute atomic E-state index is 0.104. The Bertz CT molecular complexity index is 1150. The first-order valence-electron chi connectivity index (χ1n) is 10.3. The second-order valence-electron chi connectivity index (χ2n) is 8.11. The van der Waals surface area contributed by atoms with Gasteiger partial charge >= 0.3 is 0 Å². The zero-order valence-corrected chi connectivity index (χ0v) is 20.2. The Balaban J connectivity index is 1.63. The number of amides is 1. The monoisotopic (exact) mass is 479 g/mol. The number of carbonyl (C=O) groups excluding carboxylic acids is 1. The van der Waals surface area contributed by atoms with Crippen LogP contribution in [0.15, 0.2) is 53.4 Å². The van der Waals surface area contributed by atoms with Crippen LogP contribution in [0, 0.1) is 13.8 Å². The minimum Gasteiger partial charge on any atom is -0.339 e. The van der Waals surface area contributed by atoms with Crippen LogP contribution in [-0.2, 0) is 31.4 Å². The topological polar surface area (TPSA) is 95.1 Å². The minimum atomic E-state index is -3.63. The number of carbonyl (C=O) groups is 1. The van der Waals surface area contributed by atoms with Crippen molar-refractivity contribution in [3.8, 4) is 0 Å². The Morgan fingerprint density at radius 2 is 1.34 bits per heavy atom. The van der Waals surface area contributed by atoms with Crippen molar-refractivity contribution in [2.75, 3.05) is 39.0 Å². The highest BCUT2D eigenvalue weighted by Gasteiger charge is 2.31. The molecule has 0 spiro atoms. The fourth-order valence-corrected chi connectivity index (χ4v) is 5.63. The lowest BCUT2D eigenvalue weighted by molar-refractivity contribution is -0.132. The third-order valence-electron chi connectivity index (χ3n) is 5.51. The number of nitrogens with zero attached hydrogens (tertiary/aromatic N) is 3. The van der Waals surface area contributed by atoms with E-state index in [1.807, 2.05) is 38.1 Å². The molecule has 1 amide bonds. The van der Waals surface area contributed by atoms with Gasteiger partial charge in [-0.05, 0) is 31.5 Å². The largest absolute Gasteiger partial charge is 0.339 e. The average Bonchev–Trinajstić information content (AvgIpc) is 2.74. The van der Waals surface area contributed by atoms with Gasteiger partial charge in [-0.15, -0.1) is 0 Å². The van der Waals surface area contributed by atoms with Gasteiger partial charge < -0.3 is 4.90 Å². The Morgan fingerprint density at radius 1 is 0.844 bits per heavy atom. The molecule has 3 rings (SSSR count). The Kier molecular flexibility index (Phi) is 7.39. The van der Waals surface area contributed by atoms with Gasteiger partial charge in [0.2, 0.25) is 26.0 Å². The normalized spacial score (nSPS) is 15.8. The third-order valence-corrected chi connectivity index (χ3v) is 8.62. The van der Waals surface area contributed by atoms with Gasteiger partial charge in [0, 0.05) is 32.7 Å². The highest BCUT2D eigenvalue weighted by Crippen LogP contribution is 2.19. The second-order valence-corrected chi connectivity index (χ2v) is 12.0. The predicted molar refractivity (Wildman–Crippen MR) is 123 cm³/mol. The number of hydrogen-bond acceptors (Lipinski definition) is 5. The summed E-state index contributed by atoms with van der Waals surface area (Å²) in [5.74, 6) is -0.338. The van der Waals surface area contributed by atoms with Crippen LogP contribution in [0.5, 0.6) is 0 Å². The second kappa shape index (κ2) is 9.70. The molecule has 0 aromatic heterocycles. The lowest BCUT2D eigenvalue weighted by atomic mass is 10.1. The molecule has 0 radical (unpaired) electrons. The first-order valence-corrected chi connectivity index (χ1v) is 13.6. The van der Waals surface area contributed by atoms with Gasteiger partial charge in [0.1, 0.15) is 0 Å². The molecule has 0 saturated carbocycles. The lowest BCUT2D eigenvalue weighted by Gasteiger charge is -2.35. The van der Waals surface area contributed by atoms with Crippen molar-refractivity contribution in [3.05, 3.63) is 65.2 Å². The number of hydrogen-bond donors (Lipinski definition) is 0. The summed E-state index contributed by atoms with van der Waals surface area (Å²) in [5, 5.41) is 0. The summed E-state index contributed by atoms with van der Waals surface area (Å²) in [6, 6.07) is 14.1. The van der Waals surface area contributed by atoms with Crippen LogP contribution >= 0.6 is 0 Å². The SMILES string of the molecule is Cc1ccc(CN(CC(=O)N2CCN(S(=O)(=O)c3ccc(C)cc3)CC2)S(C)(=O)=O)cc1. The molecule has 2 aromatic rings. The first-order chi connectivity index (χ1) is 15.0. The van der Waals surface area contributed by atoms with E-state index in [2.05, 4.69) is 0 Å². The van der Waals surface area contributed by atoms with Crippen LogP contribution in [0.2, 0.25) is 0 Å². The van der Waals surface area contributed by atoms with Crippen molar-refractivity contribution < 1.29 is 21.6 Å². The molecule has 8 nitrogen and oxygen atoms in total. The molecule has 0 aliphatic carbocycles. The molecule has 2 aromatic carbocycles. The number of sulfonamides is 2. The van der Waals surface area contributed by atoms with E-state index in [-0.39, 0.29) is 50.1 Å². The number of rotatable bonds is 7. The molecule has 10 heteroatoms. The molecule has 0 unspecified atom stereocenters. The maximum absolute atomic E-state index is 12.8. The maximum atomic E-state index is 12.8. The summed E-state index contributed by atoms with van der Waals surface area (Å²) in [7, 11) is -7.23. The van der Waals surface area contributed by atoms with Gasteiger partial charge in [0.15, 0.2) is 0 Å². The summed E-state index contributed by atoms with van der Waals surface area (Å²) in [5.41, 5.74) is 2.83. The molecule has 1 aliphatic rings. The number of aryl methyl sites for hydroxylation is 2. The fourth-order valence-electron chi connectivity index (χ4n) is 3.48. The highest BCUT2D eigenvalue weighted by atomic mass is 32.2. The van der Waals surface area contributed by atoms with Crippen molar-refractivity contribution in [3.63, 3.8) is 0 Å². The van der Waals surface area contributed by atoms with Crippen LogP contribution < -0.4 is 0 Å². The molecule has 32 heavy (non-hydrogen) atoms. The van der Waals surface area contributed by atoms with E-state index in [9.17, 15) is 21.6 Å². The van der Waals surface area contributed by atoms with E-state index in [4.69, 9.17) is 0 Å². The van der Waals surface area contributed by atoms with Crippen LogP contribution in [0.3, 0.4) is 0 Å². The van der Waals surface area contributed by atoms with E-state index in [0.717, 1.165) is 27.3 Å². The Hall–Kier alpha value is -2.27. The van der Waals surface area contributed by atoms with E-state index in [1.165, 1.54) is 9.21 Å². The van der Waals surface area contributed by atoms with Gasteiger partial charge in [-0.2, -0.15) is 8.61 Å². The summed E-state index contributed by atoms with van der Waals surface area (Å²) < 4.78 is 52.7. The van der Waals surface area contributed by atoms with Gasteiger partial charge in [0.05, 0.1) is 17.7 Å². The van der Waals surface area contributed by atoms with E-state index >= 15 is 0 Å². The van der Waals surface area contributed by atoms with Crippen LogP contribution in [0.4, 0.5) is 0 Å². The van der Waals surface area contributed by atoms with Gasteiger partial charge in [-0.25, -0.2) is 16.8 Å². The summed E-state index contributed by atoms with van der Waals surface area (Å²) in [6.45, 7) is 4.42. The molecule has 1 heterocycles. The van der Waals surface area contributed by atoms with Crippen LogP contribution in [0.25, 0.3) is 0 Å². The van der Waals surface area contributed by atoms with Crippen LogP contribution in [-0.4, -0.2) is 75.2 Å². The molecule has 0 bridgehead atoms. The first kappa shape index (κ1) is 24.4. The third kappa shape index (κ3) is 5.94. The molecular weight excluding hydrogens is 450 g/mol. The lowest BCUT2D eigenvalue weighted by Crippen LogP contribution is -2.52. The van der Waals surface area contributed by atoms with Crippen molar-refractivity contribution in [2.45, 2.75) is 25.3 Å². The number of benzene rings is 2. The average molecular weight is 480 g/mol. The maximum Gasteiger partial charge on any atom is 0.243 e. The zero-order valence-electron chi connectivity index (χ0n) is 18.6. The Morgan fingerprint density at radius 3 is 1.84 bits per heavy atom. The quantitative estimate of drug-likeness (QED) is 0.601.